The highest BCUT2D eigenvalue weighted by Gasteiger charge is 2.51. The van der Waals surface area contributed by atoms with Crippen molar-refractivity contribution in [1.29, 1.82) is 0 Å². The summed E-state index contributed by atoms with van der Waals surface area (Å²) in [5.74, 6) is -0.159. The molecule has 3 aromatic carbocycles. The second-order valence-electron chi connectivity index (χ2n) is 8.40. The predicted octanol–water partition coefficient (Wildman–Crippen LogP) is 4.99. The van der Waals surface area contributed by atoms with Crippen LogP contribution in [0.3, 0.4) is 0 Å². The third kappa shape index (κ3) is 3.75. The number of benzene rings is 3. The number of thioether (sulfide) groups is 1. The zero-order valence-corrected chi connectivity index (χ0v) is 20.0. The summed E-state index contributed by atoms with van der Waals surface area (Å²) in [6.07, 6.45) is 0. The fourth-order valence-electron chi connectivity index (χ4n) is 4.52. The summed E-state index contributed by atoms with van der Waals surface area (Å²) in [5, 5.41) is 3.11. The molecule has 4 amide bonds. The predicted molar refractivity (Wildman–Crippen MR) is 133 cm³/mol. The smallest absolute Gasteiger partial charge is 0.319 e. The first-order valence-corrected chi connectivity index (χ1v) is 12.2. The van der Waals surface area contributed by atoms with Gasteiger partial charge in [-0.2, -0.15) is 0 Å². The van der Waals surface area contributed by atoms with Gasteiger partial charge in [0.05, 0.1) is 11.7 Å². The molecule has 1 saturated heterocycles. The number of hydrogen-bond acceptors (Lipinski definition) is 4. The number of urea groups is 1. The van der Waals surface area contributed by atoms with Gasteiger partial charge in [-0.25, -0.2) is 4.79 Å². The lowest BCUT2D eigenvalue weighted by Gasteiger charge is -2.37. The maximum absolute atomic E-state index is 13.7. The molecule has 1 N–H and O–H groups in total. The molecule has 2 aliphatic rings. The molecule has 0 radical (unpaired) electrons. The van der Waals surface area contributed by atoms with Gasteiger partial charge in [-0.15, -0.1) is 11.8 Å². The standard InChI is InChI=1S/C26H22ClN3O3S/c1-26(18-11-5-6-12-19(18)27)24(32)29(25(33)28-26)15-23(31)30-20-13-7-8-14-22(20)34-16-21(30)17-9-3-2-4-10-17/h2-14,21H,15-16H2,1H3,(H,28,33)/t21-,26-/m0/s1. The lowest BCUT2D eigenvalue weighted by molar-refractivity contribution is -0.134. The minimum atomic E-state index is -1.34. The van der Waals surface area contributed by atoms with Crippen LogP contribution in [0.4, 0.5) is 10.5 Å². The minimum Gasteiger partial charge on any atom is -0.319 e. The van der Waals surface area contributed by atoms with Gasteiger partial charge in [0.25, 0.3) is 5.91 Å². The molecule has 172 valence electrons. The van der Waals surface area contributed by atoms with Crippen molar-refractivity contribution in [1.82, 2.24) is 10.2 Å². The molecular formula is C26H22ClN3O3S. The van der Waals surface area contributed by atoms with Gasteiger partial charge in [0.2, 0.25) is 5.91 Å². The second-order valence-corrected chi connectivity index (χ2v) is 9.86. The first-order valence-electron chi connectivity index (χ1n) is 10.9. The third-order valence-electron chi connectivity index (χ3n) is 6.27. The summed E-state index contributed by atoms with van der Waals surface area (Å²) in [6.45, 7) is 1.24. The Morgan fingerprint density at radius 1 is 1.03 bits per heavy atom. The van der Waals surface area contributed by atoms with Gasteiger partial charge in [-0.05, 0) is 30.7 Å². The number of amides is 4. The number of hydrogen-bond donors (Lipinski definition) is 1. The lowest BCUT2D eigenvalue weighted by atomic mass is 9.92. The Morgan fingerprint density at radius 3 is 2.47 bits per heavy atom. The summed E-state index contributed by atoms with van der Waals surface area (Å²) < 4.78 is 0. The van der Waals surface area contributed by atoms with Crippen LogP contribution in [-0.4, -0.2) is 35.0 Å². The third-order valence-corrected chi connectivity index (χ3v) is 7.74. The molecule has 0 saturated carbocycles. The van der Waals surface area contributed by atoms with Gasteiger partial charge >= 0.3 is 6.03 Å². The van der Waals surface area contributed by atoms with Crippen molar-refractivity contribution in [3.8, 4) is 0 Å². The Bertz CT molecular complexity index is 1290. The van der Waals surface area contributed by atoms with Crippen LogP contribution in [0.15, 0.2) is 83.8 Å². The Hall–Kier alpha value is -3.29. The van der Waals surface area contributed by atoms with Crippen molar-refractivity contribution in [3.05, 3.63) is 95.0 Å². The molecule has 8 heteroatoms. The Morgan fingerprint density at radius 2 is 1.71 bits per heavy atom. The number of imide groups is 1. The molecular weight excluding hydrogens is 470 g/mol. The van der Waals surface area contributed by atoms with Gasteiger partial charge in [0.1, 0.15) is 12.1 Å². The average Bonchev–Trinajstić information content (AvgIpc) is 3.07. The van der Waals surface area contributed by atoms with Crippen molar-refractivity contribution >= 4 is 46.9 Å². The molecule has 2 heterocycles. The van der Waals surface area contributed by atoms with Crippen molar-refractivity contribution in [2.45, 2.75) is 23.4 Å². The van der Waals surface area contributed by atoms with Gasteiger partial charge in [-0.1, -0.05) is 72.3 Å². The summed E-state index contributed by atoms with van der Waals surface area (Å²) in [6, 6.07) is 23.5. The summed E-state index contributed by atoms with van der Waals surface area (Å²) in [7, 11) is 0. The summed E-state index contributed by atoms with van der Waals surface area (Å²) >= 11 is 8.01. The zero-order valence-electron chi connectivity index (χ0n) is 18.4. The van der Waals surface area contributed by atoms with E-state index in [-0.39, 0.29) is 18.5 Å². The Labute approximate surface area is 206 Å². The maximum Gasteiger partial charge on any atom is 0.325 e. The van der Waals surface area contributed by atoms with E-state index in [1.54, 1.807) is 47.9 Å². The first kappa shape index (κ1) is 22.5. The molecule has 0 bridgehead atoms. The number of rotatable bonds is 4. The van der Waals surface area contributed by atoms with Crippen molar-refractivity contribution in [2.75, 3.05) is 17.2 Å². The van der Waals surface area contributed by atoms with Crippen LogP contribution >= 0.6 is 23.4 Å². The average molecular weight is 492 g/mol. The van der Waals surface area contributed by atoms with Gasteiger partial charge < -0.3 is 10.2 Å². The van der Waals surface area contributed by atoms with Crippen LogP contribution in [0.1, 0.15) is 24.1 Å². The molecule has 0 spiro atoms. The number of carbonyl (C=O) groups excluding carboxylic acids is 3. The second kappa shape index (κ2) is 8.81. The lowest BCUT2D eigenvalue weighted by Crippen LogP contribution is -2.47. The number of carbonyl (C=O) groups is 3. The molecule has 0 aromatic heterocycles. The highest BCUT2D eigenvalue weighted by Crippen LogP contribution is 2.43. The highest BCUT2D eigenvalue weighted by atomic mass is 35.5. The normalized spacial score (nSPS) is 21.9. The van der Waals surface area contributed by atoms with E-state index < -0.39 is 17.5 Å². The topological polar surface area (TPSA) is 69.7 Å². The van der Waals surface area contributed by atoms with E-state index in [1.807, 2.05) is 54.6 Å². The molecule has 3 aromatic rings. The van der Waals surface area contributed by atoms with E-state index in [0.29, 0.717) is 16.3 Å². The van der Waals surface area contributed by atoms with E-state index in [0.717, 1.165) is 21.0 Å². The van der Waals surface area contributed by atoms with Crippen molar-refractivity contribution < 1.29 is 14.4 Å². The molecule has 6 nitrogen and oxygen atoms in total. The molecule has 0 unspecified atom stereocenters. The molecule has 34 heavy (non-hydrogen) atoms. The number of nitrogens with zero attached hydrogens (tertiary/aromatic N) is 2. The monoisotopic (exact) mass is 491 g/mol. The highest BCUT2D eigenvalue weighted by molar-refractivity contribution is 7.99. The largest absolute Gasteiger partial charge is 0.325 e. The van der Waals surface area contributed by atoms with Crippen LogP contribution < -0.4 is 10.2 Å². The van der Waals surface area contributed by atoms with Crippen LogP contribution in [0.25, 0.3) is 0 Å². The van der Waals surface area contributed by atoms with Crippen molar-refractivity contribution in [2.24, 2.45) is 0 Å². The molecule has 5 rings (SSSR count). The quantitative estimate of drug-likeness (QED) is 0.522. The number of halogens is 1. The summed E-state index contributed by atoms with van der Waals surface area (Å²) in [5.41, 5.74) is 0.922. The van der Waals surface area contributed by atoms with Gasteiger partial charge in [0.15, 0.2) is 0 Å². The van der Waals surface area contributed by atoms with Crippen LogP contribution in [0, 0.1) is 0 Å². The SMILES string of the molecule is C[C@@]1(c2ccccc2Cl)NC(=O)N(CC(=O)N2c3ccccc3SC[C@H]2c2ccccc2)C1=O. The number of fused-ring (bicyclic) bond motifs is 1. The summed E-state index contributed by atoms with van der Waals surface area (Å²) in [4.78, 5) is 43.7. The van der Waals surface area contributed by atoms with Gasteiger partial charge in [-0.3, -0.25) is 14.5 Å². The van der Waals surface area contributed by atoms with E-state index in [4.69, 9.17) is 11.6 Å². The Kier molecular flexibility index (Phi) is 5.83. The molecule has 2 atom stereocenters. The first-order chi connectivity index (χ1) is 16.4. The molecule has 1 fully saturated rings. The molecule has 0 aliphatic carbocycles. The van der Waals surface area contributed by atoms with Crippen LogP contribution in [0.5, 0.6) is 0 Å². The number of nitrogens with one attached hydrogen (secondary N) is 1. The van der Waals surface area contributed by atoms with Gasteiger partial charge in [0, 0.05) is 21.2 Å². The zero-order chi connectivity index (χ0) is 23.9. The number of para-hydroxylation sites is 1. The minimum absolute atomic E-state index is 0.218. The van der Waals surface area contributed by atoms with E-state index in [9.17, 15) is 14.4 Å². The van der Waals surface area contributed by atoms with E-state index in [1.165, 1.54) is 0 Å². The maximum atomic E-state index is 13.7. The van der Waals surface area contributed by atoms with Crippen molar-refractivity contribution in [3.63, 3.8) is 0 Å². The van der Waals surface area contributed by atoms with Crippen LogP contribution in [0.2, 0.25) is 5.02 Å². The fraction of sp³-hybridized carbons (Fsp3) is 0.192. The fourth-order valence-corrected chi connectivity index (χ4v) is 6.01. The Balaban J connectivity index is 1.47. The molecule has 2 aliphatic heterocycles. The van der Waals surface area contributed by atoms with E-state index in [2.05, 4.69) is 5.32 Å². The van der Waals surface area contributed by atoms with E-state index >= 15 is 0 Å². The number of anilines is 1. The van der Waals surface area contributed by atoms with Crippen LogP contribution in [-0.2, 0) is 15.1 Å².